The summed E-state index contributed by atoms with van der Waals surface area (Å²) in [6.45, 7) is 6.56. The Balaban J connectivity index is 1.60. The van der Waals surface area contributed by atoms with Gasteiger partial charge < -0.3 is 19.1 Å². The molecule has 0 aliphatic heterocycles. The zero-order chi connectivity index (χ0) is 26.6. The number of aromatic nitrogens is 1. The average molecular weight is 504 g/mol. The van der Waals surface area contributed by atoms with E-state index in [0.717, 1.165) is 22.3 Å². The van der Waals surface area contributed by atoms with Crippen LogP contribution >= 0.6 is 0 Å². The normalized spacial score (nSPS) is 12.2. The van der Waals surface area contributed by atoms with Crippen LogP contribution in [0.4, 0.5) is 4.39 Å². The minimum atomic E-state index is -0.929. The first-order valence-electron chi connectivity index (χ1n) is 12.0. The van der Waals surface area contributed by atoms with Crippen LogP contribution in [0.25, 0.3) is 11.1 Å². The number of hydrogen-bond acceptors (Lipinski definition) is 5. The predicted octanol–water partition coefficient (Wildman–Crippen LogP) is 6.97. The number of rotatable bonds is 9. The SMILES string of the molecule is COc1ccc(F)c(-c2ccc(COc3cccc([C@@H](CC(=O)O)c4ccon4)c3)cc2C(C)(C)C)c1. The lowest BCUT2D eigenvalue weighted by atomic mass is 9.81. The van der Waals surface area contributed by atoms with Gasteiger partial charge in [0.05, 0.1) is 19.2 Å². The summed E-state index contributed by atoms with van der Waals surface area (Å²) in [5.41, 5.74) is 4.29. The van der Waals surface area contributed by atoms with E-state index in [1.54, 1.807) is 25.3 Å². The maximum atomic E-state index is 14.8. The lowest BCUT2D eigenvalue weighted by molar-refractivity contribution is -0.137. The van der Waals surface area contributed by atoms with Crippen molar-refractivity contribution in [2.45, 2.75) is 45.1 Å². The van der Waals surface area contributed by atoms with E-state index in [2.05, 4.69) is 25.9 Å². The summed E-state index contributed by atoms with van der Waals surface area (Å²) in [7, 11) is 1.56. The van der Waals surface area contributed by atoms with Crippen LogP contribution in [-0.4, -0.2) is 23.3 Å². The molecule has 37 heavy (non-hydrogen) atoms. The summed E-state index contributed by atoms with van der Waals surface area (Å²) in [5.74, 6) is -0.493. The fourth-order valence-corrected chi connectivity index (χ4v) is 4.33. The van der Waals surface area contributed by atoms with E-state index >= 15 is 0 Å². The molecule has 0 spiro atoms. The molecule has 3 aromatic carbocycles. The summed E-state index contributed by atoms with van der Waals surface area (Å²) in [5, 5.41) is 13.3. The van der Waals surface area contributed by atoms with Gasteiger partial charge in [-0.25, -0.2) is 4.39 Å². The number of aliphatic carboxylic acids is 1. The molecule has 0 aliphatic carbocycles. The third kappa shape index (κ3) is 6.17. The fourth-order valence-electron chi connectivity index (χ4n) is 4.33. The van der Waals surface area contributed by atoms with Crippen LogP contribution in [0.2, 0.25) is 0 Å². The van der Waals surface area contributed by atoms with Crippen molar-refractivity contribution in [3.05, 3.63) is 101 Å². The van der Waals surface area contributed by atoms with E-state index in [1.165, 1.54) is 12.3 Å². The summed E-state index contributed by atoms with van der Waals surface area (Å²) in [6, 6.07) is 19.6. The van der Waals surface area contributed by atoms with Crippen molar-refractivity contribution in [3.63, 3.8) is 0 Å². The number of carboxylic acid groups (broad SMARTS) is 1. The minimum Gasteiger partial charge on any atom is -0.497 e. The lowest BCUT2D eigenvalue weighted by Crippen LogP contribution is -2.14. The largest absolute Gasteiger partial charge is 0.497 e. The molecule has 0 radical (unpaired) electrons. The van der Waals surface area contributed by atoms with E-state index in [4.69, 9.17) is 14.0 Å². The van der Waals surface area contributed by atoms with Crippen LogP contribution in [0, 0.1) is 5.82 Å². The second kappa shape index (κ2) is 10.9. The Hall–Kier alpha value is -4.13. The number of carbonyl (C=O) groups is 1. The molecular formula is C30H30FNO5. The fraction of sp³-hybridized carbons (Fsp3) is 0.267. The maximum absolute atomic E-state index is 14.8. The third-order valence-electron chi connectivity index (χ3n) is 6.22. The Bertz CT molecular complexity index is 1380. The van der Waals surface area contributed by atoms with Gasteiger partial charge in [0.15, 0.2) is 0 Å². The molecule has 0 fully saturated rings. The quantitative estimate of drug-likeness (QED) is 0.266. The number of ether oxygens (including phenoxy) is 2. The van der Waals surface area contributed by atoms with Crippen molar-refractivity contribution < 1.29 is 28.3 Å². The predicted molar refractivity (Wildman–Crippen MR) is 138 cm³/mol. The van der Waals surface area contributed by atoms with E-state index in [-0.39, 0.29) is 17.7 Å². The molecule has 1 heterocycles. The van der Waals surface area contributed by atoms with E-state index in [1.807, 2.05) is 42.5 Å². The van der Waals surface area contributed by atoms with Crippen molar-refractivity contribution in [2.24, 2.45) is 0 Å². The van der Waals surface area contributed by atoms with Gasteiger partial charge in [-0.15, -0.1) is 0 Å². The average Bonchev–Trinajstić information content (AvgIpc) is 3.41. The Morgan fingerprint density at radius 1 is 1.03 bits per heavy atom. The monoisotopic (exact) mass is 503 g/mol. The molecular weight excluding hydrogens is 473 g/mol. The van der Waals surface area contributed by atoms with Crippen LogP contribution in [0.1, 0.15) is 55.5 Å². The minimum absolute atomic E-state index is 0.118. The molecule has 0 saturated heterocycles. The highest BCUT2D eigenvalue weighted by Crippen LogP contribution is 2.37. The highest BCUT2D eigenvalue weighted by Gasteiger charge is 2.23. The Labute approximate surface area is 215 Å². The van der Waals surface area contributed by atoms with Crippen LogP contribution in [-0.2, 0) is 16.8 Å². The number of nitrogens with zero attached hydrogens (tertiary/aromatic N) is 1. The highest BCUT2D eigenvalue weighted by molar-refractivity contribution is 5.71. The number of hydrogen-bond donors (Lipinski definition) is 1. The molecule has 4 aromatic rings. The first-order chi connectivity index (χ1) is 17.7. The molecule has 1 aromatic heterocycles. The topological polar surface area (TPSA) is 81.8 Å². The Kier molecular flexibility index (Phi) is 7.62. The summed E-state index contributed by atoms with van der Waals surface area (Å²) in [4.78, 5) is 11.5. The number of halogens is 1. The molecule has 1 N–H and O–H groups in total. The zero-order valence-corrected chi connectivity index (χ0v) is 21.3. The van der Waals surface area contributed by atoms with Crippen LogP contribution in [0.3, 0.4) is 0 Å². The molecule has 4 rings (SSSR count). The lowest BCUT2D eigenvalue weighted by Gasteiger charge is -2.24. The standard InChI is InChI=1S/C30H30FNO5/c1-30(2,3)26-14-19(8-10-23(26)25-16-21(35-4)9-11-27(25)31)18-36-22-7-5-6-20(15-22)24(17-29(33)34)28-12-13-37-32-28/h5-16,24H,17-18H2,1-4H3,(H,33,34)/t24-/m1/s1. The van der Waals surface area contributed by atoms with Crippen LogP contribution < -0.4 is 9.47 Å². The van der Waals surface area contributed by atoms with E-state index < -0.39 is 11.9 Å². The zero-order valence-electron chi connectivity index (χ0n) is 21.3. The van der Waals surface area contributed by atoms with Gasteiger partial charge in [-0.2, -0.15) is 0 Å². The second-order valence-electron chi connectivity index (χ2n) is 9.91. The summed E-state index contributed by atoms with van der Waals surface area (Å²) >= 11 is 0. The van der Waals surface area contributed by atoms with Gasteiger partial charge in [0.2, 0.25) is 0 Å². The first-order valence-corrected chi connectivity index (χ1v) is 12.0. The van der Waals surface area contributed by atoms with Crippen molar-refractivity contribution >= 4 is 5.97 Å². The number of benzene rings is 3. The van der Waals surface area contributed by atoms with E-state index in [9.17, 15) is 14.3 Å². The molecule has 192 valence electrons. The summed E-state index contributed by atoms with van der Waals surface area (Å²) in [6.07, 6.45) is 1.31. The third-order valence-corrected chi connectivity index (χ3v) is 6.22. The van der Waals surface area contributed by atoms with Crippen molar-refractivity contribution in [1.29, 1.82) is 0 Å². The second-order valence-corrected chi connectivity index (χ2v) is 9.91. The molecule has 0 amide bonds. The van der Waals surface area contributed by atoms with Gasteiger partial charge in [-0.1, -0.05) is 56.3 Å². The molecule has 0 unspecified atom stereocenters. The van der Waals surface area contributed by atoms with Gasteiger partial charge in [-0.3, -0.25) is 4.79 Å². The first kappa shape index (κ1) is 25.9. The Morgan fingerprint density at radius 2 is 1.84 bits per heavy atom. The molecule has 0 saturated carbocycles. The van der Waals surface area contributed by atoms with Gasteiger partial charge in [0.25, 0.3) is 0 Å². The van der Waals surface area contributed by atoms with Gasteiger partial charge in [-0.05, 0) is 58.0 Å². The maximum Gasteiger partial charge on any atom is 0.304 e. The number of carboxylic acids is 1. The molecule has 7 heteroatoms. The molecule has 1 atom stereocenters. The van der Waals surface area contributed by atoms with Crippen molar-refractivity contribution in [3.8, 4) is 22.6 Å². The molecule has 0 aliphatic rings. The van der Waals surface area contributed by atoms with Crippen LogP contribution in [0.15, 0.2) is 77.5 Å². The van der Waals surface area contributed by atoms with Crippen LogP contribution in [0.5, 0.6) is 11.5 Å². The molecule has 0 bridgehead atoms. The van der Waals surface area contributed by atoms with Gasteiger partial charge >= 0.3 is 5.97 Å². The smallest absolute Gasteiger partial charge is 0.304 e. The highest BCUT2D eigenvalue weighted by atomic mass is 19.1. The Morgan fingerprint density at radius 3 is 2.51 bits per heavy atom. The van der Waals surface area contributed by atoms with E-state index in [0.29, 0.717) is 29.4 Å². The number of methoxy groups -OCH3 is 1. The summed E-state index contributed by atoms with van der Waals surface area (Å²) < 4.78 is 31.1. The van der Waals surface area contributed by atoms with Gasteiger partial charge in [0.1, 0.15) is 30.2 Å². The van der Waals surface area contributed by atoms with Gasteiger partial charge in [0, 0.05) is 17.5 Å². The molecule has 6 nitrogen and oxygen atoms in total. The van der Waals surface area contributed by atoms with Crippen molar-refractivity contribution in [1.82, 2.24) is 5.16 Å². The van der Waals surface area contributed by atoms with Crippen molar-refractivity contribution in [2.75, 3.05) is 7.11 Å².